The minimum atomic E-state index is -0.558. The third-order valence-electron chi connectivity index (χ3n) is 3.88. The van der Waals surface area contributed by atoms with Crippen molar-refractivity contribution < 1.29 is 4.92 Å². The molecule has 0 bridgehead atoms. The Bertz CT molecular complexity index is 523. The second-order valence-electron chi connectivity index (χ2n) is 7.00. The lowest BCUT2D eigenvalue weighted by molar-refractivity contribution is -0.396. The summed E-state index contributed by atoms with van der Waals surface area (Å²) < 4.78 is 1.57. The van der Waals surface area contributed by atoms with Crippen LogP contribution < -0.4 is 11.5 Å². The maximum absolute atomic E-state index is 10.9. The molecule has 0 fully saturated rings. The lowest BCUT2D eigenvalue weighted by Gasteiger charge is -2.25. The molecule has 0 amide bonds. The standard InChI is InChI=1S/C15H29N5O2S2/c1-14(16,23)7-4-3-5-12(11-15(2,17)24)6-9-19-10-8-18-13(19)20(21)22/h8,10,12,23-24H,3-7,9,11,16-17H2,1-2H3. The zero-order chi connectivity index (χ0) is 18.4. The van der Waals surface area contributed by atoms with Gasteiger partial charge in [0.2, 0.25) is 0 Å². The van der Waals surface area contributed by atoms with E-state index in [4.69, 9.17) is 11.5 Å². The minimum absolute atomic E-state index is 0.121. The van der Waals surface area contributed by atoms with E-state index in [1.165, 1.54) is 6.20 Å². The molecule has 0 aliphatic rings. The summed E-state index contributed by atoms with van der Waals surface area (Å²) >= 11 is 8.76. The molecule has 1 rings (SSSR count). The maximum Gasteiger partial charge on any atom is 0.434 e. The van der Waals surface area contributed by atoms with Crippen molar-refractivity contribution in [2.75, 3.05) is 0 Å². The predicted octanol–water partition coefficient (Wildman–Crippen LogP) is 2.96. The highest BCUT2D eigenvalue weighted by atomic mass is 32.1. The maximum atomic E-state index is 10.9. The summed E-state index contributed by atoms with van der Waals surface area (Å²) in [5.74, 6) is 0.215. The van der Waals surface area contributed by atoms with Gasteiger partial charge in [0.25, 0.3) is 0 Å². The molecule has 0 radical (unpaired) electrons. The van der Waals surface area contributed by atoms with E-state index in [1.807, 2.05) is 13.8 Å². The van der Waals surface area contributed by atoms with E-state index in [0.717, 1.165) is 38.5 Å². The zero-order valence-corrected chi connectivity index (χ0v) is 16.2. The van der Waals surface area contributed by atoms with Gasteiger partial charge in [-0.1, -0.05) is 24.2 Å². The van der Waals surface area contributed by atoms with E-state index in [2.05, 4.69) is 30.2 Å². The Hall–Kier alpha value is -0.770. The van der Waals surface area contributed by atoms with Gasteiger partial charge in [-0.15, -0.1) is 0 Å². The van der Waals surface area contributed by atoms with Gasteiger partial charge in [-0.3, -0.25) is 0 Å². The first-order valence-corrected chi connectivity index (χ1v) is 9.05. The normalized spacial score (nSPS) is 17.9. The summed E-state index contributed by atoms with van der Waals surface area (Å²) in [6.45, 7) is 4.33. The highest BCUT2D eigenvalue weighted by Gasteiger charge is 2.22. The van der Waals surface area contributed by atoms with Gasteiger partial charge in [0.1, 0.15) is 12.4 Å². The Balaban J connectivity index is 2.56. The van der Waals surface area contributed by atoms with Crippen LogP contribution >= 0.6 is 25.3 Å². The van der Waals surface area contributed by atoms with Crippen LogP contribution in [0.15, 0.2) is 12.4 Å². The summed E-state index contributed by atoms with van der Waals surface area (Å²) in [6, 6.07) is 0. The number of hydrogen-bond acceptors (Lipinski definition) is 7. The molecule has 138 valence electrons. The summed E-state index contributed by atoms with van der Waals surface area (Å²) in [6.07, 6.45) is 8.48. The molecule has 3 atom stereocenters. The fraction of sp³-hybridized carbons (Fsp3) is 0.800. The molecule has 0 aliphatic carbocycles. The molecule has 1 heterocycles. The van der Waals surface area contributed by atoms with E-state index in [-0.39, 0.29) is 5.95 Å². The number of hydrogen-bond donors (Lipinski definition) is 4. The molecule has 9 heteroatoms. The monoisotopic (exact) mass is 375 g/mol. The van der Waals surface area contributed by atoms with Crippen molar-refractivity contribution in [3.63, 3.8) is 0 Å². The first kappa shape index (κ1) is 21.3. The van der Waals surface area contributed by atoms with E-state index >= 15 is 0 Å². The van der Waals surface area contributed by atoms with Crippen molar-refractivity contribution in [1.29, 1.82) is 0 Å². The van der Waals surface area contributed by atoms with Crippen LogP contribution in [0.25, 0.3) is 0 Å². The molecule has 1 aromatic heterocycles. The van der Waals surface area contributed by atoms with Crippen LogP contribution in [-0.4, -0.2) is 24.2 Å². The highest BCUT2D eigenvalue weighted by Crippen LogP contribution is 2.27. The Morgan fingerprint density at radius 1 is 1.29 bits per heavy atom. The van der Waals surface area contributed by atoms with Crippen molar-refractivity contribution in [2.24, 2.45) is 17.4 Å². The molecule has 7 nitrogen and oxygen atoms in total. The summed E-state index contributed by atoms with van der Waals surface area (Å²) in [7, 11) is 0. The number of nitrogens with zero attached hydrogens (tertiary/aromatic N) is 3. The topological polar surface area (TPSA) is 113 Å². The van der Waals surface area contributed by atoms with Gasteiger partial charge in [-0.2, -0.15) is 25.3 Å². The quantitative estimate of drug-likeness (QED) is 0.156. The summed E-state index contributed by atoms with van der Waals surface area (Å²) in [5.41, 5.74) is 11.9. The lowest BCUT2D eigenvalue weighted by Crippen LogP contribution is -2.32. The van der Waals surface area contributed by atoms with Crippen LogP contribution in [0, 0.1) is 16.0 Å². The average Bonchev–Trinajstić information content (AvgIpc) is 2.86. The third kappa shape index (κ3) is 8.91. The first-order chi connectivity index (χ1) is 11.0. The lowest BCUT2D eigenvalue weighted by atomic mass is 9.91. The van der Waals surface area contributed by atoms with Gasteiger partial charge < -0.3 is 21.6 Å². The molecule has 0 spiro atoms. The summed E-state index contributed by atoms with van der Waals surface area (Å²) in [5, 5.41) is 10.9. The summed E-state index contributed by atoms with van der Waals surface area (Å²) in [4.78, 5) is 13.2. The van der Waals surface area contributed by atoms with Gasteiger partial charge in [0, 0.05) is 0 Å². The number of imidazole rings is 1. The zero-order valence-electron chi connectivity index (χ0n) is 14.4. The van der Waals surface area contributed by atoms with E-state index < -0.39 is 14.7 Å². The Morgan fingerprint density at radius 2 is 1.96 bits per heavy atom. The molecule has 3 unspecified atom stereocenters. The molecular weight excluding hydrogens is 346 g/mol. The largest absolute Gasteiger partial charge is 0.434 e. The molecule has 0 saturated carbocycles. The second-order valence-corrected chi connectivity index (χ2v) is 9.04. The van der Waals surface area contributed by atoms with Gasteiger partial charge in [-0.25, -0.2) is 4.57 Å². The molecule has 0 saturated heterocycles. The number of rotatable bonds is 11. The third-order valence-corrected chi connectivity index (χ3v) is 4.29. The van der Waals surface area contributed by atoms with Crippen molar-refractivity contribution in [3.8, 4) is 0 Å². The highest BCUT2D eigenvalue weighted by molar-refractivity contribution is 7.81. The Kier molecular flexibility index (Phi) is 8.04. The average molecular weight is 376 g/mol. The van der Waals surface area contributed by atoms with Crippen LogP contribution in [0.1, 0.15) is 52.4 Å². The van der Waals surface area contributed by atoms with Crippen molar-refractivity contribution in [2.45, 2.75) is 68.7 Å². The molecule has 0 aliphatic heterocycles. The second kappa shape index (κ2) is 9.07. The molecule has 24 heavy (non-hydrogen) atoms. The van der Waals surface area contributed by atoms with E-state index in [9.17, 15) is 10.1 Å². The Morgan fingerprint density at radius 3 is 2.50 bits per heavy atom. The fourth-order valence-corrected chi connectivity index (χ4v) is 3.23. The molecular formula is C15H29N5O2S2. The van der Waals surface area contributed by atoms with E-state index in [1.54, 1.807) is 10.8 Å². The van der Waals surface area contributed by atoms with Crippen molar-refractivity contribution in [3.05, 3.63) is 22.5 Å². The van der Waals surface area contributed by atoms with Crippen LogP contribution in [-0.2, 0) is 6.54 Å². The van der Waals surface area contributed by atoms with Crippen molar-refractivity contribution in [1.82, 2.24) is 9.55 Å². The number of aromatic nitrogens is 2. The number of aryl methyl sites for hydroxylation is 1. The number of nitro groups is 1. The number of unbranched alkanes of at least 4 members (excludes halogenated alkanes) is 1. The predicted molar refractivity (Wildman–Crippen MR) is 103 cm³/mol. The van der Waals surface area contributed by atoms with E-state index in [0.29, 0.717) is 12.5 Å². The van der Waals surface area contributed by atoms with Gasteiger partial charge in [0.15, 0.2) is 0 Å². The molecule has 1 aromatic rings. The molecule has 4 N–H and O–H groups in total. The van der Waals surface area contributed by atoms with Crippen LogP contribution in [0.3, 0.4) is 0 Å². The number of thiol groups is 2. The van der Waals surface area contributed by atoms with Gasteiger partial charge >= 0.3 is 5.95 Å². The SMILES string of the molecule is CC(N)(S)CCCCC(CCn1ccnc1[N+](=O)[O-])CC(C)(N)S. The van der Waals surface area contributed by atoms with Crippen LogP contribution in [0.5, 0.6) is 0 Å². The first-order valence-electron chi connectivity index (χ1n) is 8.16. The minimum Gasteiger partial charge on any atom is -0.390 e. The number of nitrogens with two attached hydrogens (primary N) is 2. The fourth-order valence-electron chi connectivity index (χ4n) is 2.82. The van der Waals surface area contributed by atoms with Gasteiger partial charge in [-0.05, 0) is 44.0 Å². The molecule has 0 aromatic carbocycles. The smallest absolute Gasteiger partial charge is 0.390 e. The Labute approximate surface area is 154 Å². The van der Waals surface area contributed by atoms with Crippen LogP contribution in [0.2, 0.25) is 0 Å². The van der Waals surface area contributed by atoms with Crippen molar-refractivity contribution >= 4 is 31.2 Å². The van der Waals surface area contributed by atoms with Gasteiger partial charge in [0.05, 0.1) is 16.3 Å². The van der Waals surface area contributed by atoms with Crippen LogP contribution in [0.4, 0.5) is 5.95 Å².